The van der Waals surface area contributed by atoms with E-state index in [1.165, 1.54) is 6.07 Å². The van der Waals surface area contributed by atoms with Gasteiger partial charge in [0.15, 0.2) is 11.7 Å². The Balaban J connectivity index is 2.75. The maximum absolute atomic E-state index is 11.9. The van der Waals surface area contributed by atoms with E-state index in [2.05, 4.69) is 25.8 Å². The van der Waals surface area contributed by atoms with Crippen LogP contribution in [-0.4, -0.2) is 11.3 Å². The normalized spacial score (nSPS) is 11.7. The van der Waals surface area contributed by atoms with Crippen LogP contribution in [0, 0.1) is 0 Å². The van der Waals surface area contributed by atoms with Gasteiger partial charge in [0, 0.05) is 17.0 Å². The zero-order valence-corrected chi connectivity index (χ0v) is 10.2. The average Bonchev–Trinajstić information content (AvgIpc) is 2.27. The molecule has 1 aromatic carbocycles. The molecule has 2 aromatic rings. The molecular formula is C14H15NO2. The fraction of sp³-hybridized carbons (Fsp3) is 0.286. The number of hydrogen-bond acceptors (Lipinski definition) is 2. The van der Waals surface area contributed by atoms with Gasteiger partial charge in [-0.2, -0.15) is 0 Å². The quantitative estimate of drug-likeness (QED) is 0.764. The van der Waals surface area contributed by atoms with E-state index < -0.39 is 0 Å². The van der Waals surface area contributed by atoms with Crippen molar-refractivity contribution in [2.75, 3.05) is 0 Å². The zero-order valence-electron chi connectivity index (χ0n) is 10.2. The number of benzene rings is 1. The molecular weight excluding hydrogens is 214 g/mol. The van der Waals surface area contributed by atoms with Gasteiger partial charge < -0.3 is 4.98 Å². The van der Waals surface area contributed by atoms with Crippen LogP contribution in [-0.2, 0) is 5.41 Å². The predicted molar refractivity (Wildman–Crippen MR) is 68.7 cm³/mol. The third kappa shape index (κ3) is 2.13. The Morgan fingerprint density at radius 1 is 1.18 bits per heavy atom. The molecule has 0 aliphatic heterocycles. The maximum Gasteiger partial charge on any atom is 0.190 e. The van der Waals surface area contributed by atoms with Crippen molar-refractivity contribution in [2.45, 2.75) is 26.2 Å². The molecule has 17 heavy (non-hydrogen) atoms. The molecule has 0 amide bonds. The molecule has 0 aliphatic carbocycles. The van der Waals surface area contributed by atoms with Gasteiger partial charge in [0.25, 0.3) is 0 Å². The summed E-state index contributed by atoms with van der Waals surface area (Å²) in [5, 5.41) is 0.628. The van der Waals surface area contributed by atoms with E-state index in [-0.39, 0.29) is 10.8 Å². The number of hydrogen-bond donors (Lipinski definition) is 1. The lowest BCUT2D eigenvalue weighted by Crippen LogP contribution is -2.12. The number of pyridine rings is 1. The van der Waals surface area contributed by atoms with Gasteiger partial charge in [-0.15, -0.1) is 0 Å². The van der Waals surface area contributed by atoms with Crippen LogP contribution >= 0.6 is 0 Å². The first-order valence-electron chi connectivity index (χ1n) is 5.54. The number of aromatic nitrogens is 1. The maximum atomic E-state index is 11.9. The fourth-order valence-corrected chi connectivity index (χ4v) is 1.80. The minimum Gasteiger partial charge on any atom is -0.352 e. The molecule has 3 nitrogen and oxygen atoms in total. The van der Waals surface area contributed by atoms with Crippen LogP contribution in [0.3, 0.4) is 0 Å². The molecule has 0 unspecified atom stereocenters. The predicted octanol–water partition coefficient (Wildman–Crippen LogP) is 2.64. The van der Waals surface area contributed by atoms with Gasteiger partial charge in [-0.25, -0.2) is 0 Å². The minimum atomic E-state index is -0.119. The summed E-state index contributed by atoms with van der Waals surface area (Å²) < 4.78 is 0. The number of H-pyrrole nitrogens is 1. The van der Waals surface area contributed by atoms with Crippen molar-refractivity contribution in [2.24, 2.45) is 0 Å². The summed E-state index contributed by atoms with van der Waals surface area (Å²) >= 11 is 0. The first-order valence-corrected chi connectivity index (χ1v) is 5.54. The summed E-state index contributed by atoms with van der Waals surface area (Å²) in [5.41, 5.74) is 2.00. The molecule has 3 heteroatoms. The van der Waals surface area contributed by atoms with Gasteiger partial charge in [-0.1, -0.05) is 26.8 Å². The first-order chi connectivity index (χ1) is 7.91. The standard InChI is InChI=1S/C14H15NO2/c1-14(2,3)9-4-5-12-11(6-9)13(17)7-10(8-16)15-12/h4-8H,1-3H3,(H,15,17). The lowest BCUT2D eigenvalue weighted by Gasteiger charge is -2.19. The van der Waals surface area contributed by atoms with Gasteiger partial charge >= 0.3 is 0 Å². The van der Waals surface area contributed by atoms with Crippen LogP contribution < -0.4 is 5.43 Å². The number of carbonyl (C=O) groups is 1. The van der Waals surface area contributed by atoms with Gasteiger partial charge in [0.2, 0.25) is 0 Å². The van der Waals surface area contributed by atoms with E-state index in [1.807, 2.05) is 18.2 Å². The topological polar surface area (TPSA) is 49.9 Å². The molecule has 0 aliphatic rings. The van der Waals surface area contributed by atoms with Crippen molar-refractivity contribution in [1.29, 1.82) is 0 Å². The Labute approximate surface area is 99.5 Å². The van der Waals surface area contributed by atoms with Gasteiger partial charge in [0.1, 0.15) is 0 Å². The van der Waals surface area contributed by atoms with Crippen LogP contribution in [0.25, 0.3) is 10.9 Å². The minimum absolute atomic E-state index is 0.00393. The summed E-state index contributed by atoms with van der Waals surface area (Å²) in [7, 11) is 0. The third-order valence-corrected chi connectivity index (χ3v) is 2.84. The average molecular weight is 229 g/mol. The number of aromatic amines is 1. The number of nitrogens with one attached hydrogen (secondary N) is 1. The van der Waals surface area contributed by atoms with E-state index in [0.717, 1.165) is 5.56 Å². The summed E-state index contributed by atoms with van der Waals surface area (Å²) in [4.78, 5) is 25.4. The highest BCUT2D eigenvalue weighted by Crippen LogP contribution is 2.24. The van der Waals surface area contributed by atoms with Crippen LogP contribution in [0.2, 0.25) is 0 Å². The van der Waals surface area contributed by atoms with E-state index >= 15 is 0 Å². The summed E-state index contributed by atoms with van der Waals surface area (Å²) in [6, 6.07) is 7.06. The monoisotopic (exact) mass is 229 g/mol. The highest BCUT2D eigenvalue weighted by Gasteiger charge is 2.14. The fourth-order valence-electron chi connectivity index (χ4n) is 1.80. The number of aldehydes is 1. The molecule has 1 aromatic heterocycles. The van der Waals surface area contributed by atoms with Crippen LogP contribution in [0.1, 0.15) is 36.8 Å². The molecule has 1 heterocycles. The molecule has 88 valence electrons. The van der Waals surface area contributed by atoms with E-state index in [4.69, 9.17) is 0 Å². The largest absolute Gasteiger partial charge is 0.352 e. The molecule has 0 spiro atoms. The van der Waals surface area contributed by atoms with Crippen molar-refractivity contribution in [3.63, 3.8) is 0 Å². The van der Waals surface area contributed by atoms with Crippen molar-refractivity contribution in [1.82, 2.24) is 4.98 Å². The Morgan fingerprint density at radius 2 is 1.88 bits per heavy atom. The van der Waals surface area contributed by atoms with Crippen LogP contribution in [0.5, 0.6) is 0 Å². The molecule has 2 rings (SSSR count). The highest BCUT2D eigenvalue weighted by atomic mass is 16.1. The molecule has 0 saturated carbocycles. The Morgan fingerprint density at radius 3 is 2.47 bits per heavy atom. The smallest absolute Gasteiger partial charge is 0.190 e. The Hall–Kier alpha value is -1.90. The third-order valence-electron chi connectivity index (χ3n) is 2.84. The molecule has 0 saturated heterocycles. The van der Waals surface area contributed by atoms with Gasteiger partial charge in [-0.3, -0.25) is 9.59 Å². The number of fused-ring (bicyclic) bond motifs is 1. The lowest BCUT2D eigenvalue weighted by molar-refractivity contribution is 0.111. The Bertz CT molecular complexity index is 633. The van der Waals surface area contributed by atoms with E-state index in [9.17, 15) is 9.59 Å². The number of carbonyl (C=O) groups excluding carboxylic acids is 1. The molecule has 0 fully saturated rings. The molecule has 1 N–H and O–H groups in total. The molecule has 0 atom stereocenters. The SMILES string of the molecule is CC(C)(C)c1ccc2[nH]c(C=O)cc(=O)c2c1. The zero-order chi connectivity index (χ0) is 12.6. The van der Waals surface area contributed by atoms with Crippen molar-refractivity contribution >= 4 is 17.2 Å². The summed E-state index contributed by atoms with van der Waals surface area (Å²) in [6.07, 6.45) is 0.651. The summed E-state index contributed by atoms with van der Waals surface area (Å²) in [5.74, 6) is 0. The second-order valence-corrected chi connectivity index (χ2v) is 5.22. The Kier molecular flexibility index (Phi) is 2.62. The van der Waals surface area contributed by atoms with Crippen molar-refractivity contribution in [3.05, 3.63) is 45.7 Å². The summed E-state index contributed by atoms with van der Waals surface area (Å²) in [6.45, 7) is 6.30. The van der Waals surface area contributed by atoms with Crippen LogP contribution in [0.4, 0.5) is 0 Å². The van der Waals surface area contributed by atoms with E-state index in [1.54, 1.807) is 0 Å². The number of rotatable bonds is 1. The van der Waals surface area contributed by atoms with Gasteiger partial charge in [0.05, 0.1) is 5.69 Å². The second-order valence-electron chi connectivity index (χ2n) is 5.22. The molecule has 0 radical (unpaired) electrons. The van der Waals surface area contributed by atoms with E-state index in [0.29, 0.717) is 22.9 Å². The van der Waals surface area contributed by atoms with Crippen LogP contribution in [0.15, 0.2) is 29.1 Å². The van der Waals surface area contributed by atoms with Crippen molar-refractivity contribution < 1.29 is 4.79 Å². The molecule has 0 bridgehead atoms. The van der Waals surface area contributed by atoms with Gasteiger partial charge in [-0.05, 0) is 23.1 Å². The first kappa shape index (κ1) is 11.6. The lowest BCUT2D eigenvalue weighted by atomic mass is 9.86. The highest BCUT2D eigenvalue weighted by molar-refractivity contribution is 5.83. The van der Waals surface area contributed by atoms with Crippen molar-refractivity contribution in [3.8, 4) is 0 Å². The second kappa shape index (κ2) is 3.84.